The van der Waals surface area contributed by atoms with Crippen molar-refractivity contribution in [1.29, 1.82) is 0 Å². The van der Waals surface area contributed by atoms with Crippen molar-refractivity contribution in [2.24, 2.45) is 5.16 Å². The van der Waals surface area contributed by atoms with Crippen LogP contribution in [0.1, 0.15) is 35.1 Å². The van der Waals surface area contributed by atoms with Gasteiger partial charge in [-0.15, -0.1) is 10.2 Å². The molecule has 0 aliphatic carbocycles. The predicted octanol–water partition coefficient (Wildman–Crippen LogP) is 2.32. The average Bonchev–Trinajstić information content (AvgIpc) is 3.16. The summed E-state index contributed by atoms with van der Waals surface area (Å²) >= 11 is 0. The predicted molar refractivity (Wildman–Crippen MR) is 115 cm³/mol. The van der Waals surface area contributed by atoms with Gasteiger partial charge in [0.15, 0.2) is 17.6 Å². The highest BCUT2D eigenvalue weighted by atomic mass is 16.6. The quantitative estimate of drug-likeness (QED) is 0.320. The van der Waals surface area contributed by atoms with E-state index in [1.54, 1.807) is 29.6 Å². The maximum atomic E-state index is 9.08. The number of hydrogen-bond donors (Lipinski definition) is 2. The maximum Gasteiger partial charge on any atom is 0.177 e. The Bertz CT molecular complexity index is 1080. The van der Waals surface area contributed by atoms with Crippen molar-refractivity contribution in [2.45, 2.75) is 26.4 Å². The summed E-state index contributed by atoms with van der Waals surface area (Å²) in [5, 5.41) is 35.2. The first-order valence-electron chi connectivity index (χ1n) is 9.58. The van der Waals surface area contributed by atoms with Crippen LogP contribution in [0.4, 0.5) is 0 Å². The Morgan fingerprint density at radius 3 is 2.77 bits per heavy atom. The van der Waals surface area contributed by atoms with Crippen molar-refractivity contribution < 1.29 is 15.1 Å². The van der Waals surface area contributed by atoms with Gasteiger partial charge in [-0.05, 0) is 42.7 Å². The summed E-state index contributed by atoms with van der Waals surface area (Å²) in [6, 6.07) is 9.83. The molecule has 0 saturated heterocycles. The molecule has 0 amide bonds. The number of aliphatic hydroxyl groups is 2. The number of benzene rings is 1. The Labute approximate surface area is 174 Å². The Morgan fingerprint density at radius 1 is 1.23 bits per heavy atom. The van der Waals surface area contributed by atoms with Crippen LogP contribution in [0.5, 0.6) is 0 Å². The molecule has 0 unspecified atom stereocenters. The second-order valence-corrected chi connectivity index (χ2v) is 6.84. The minimum Gasteiger partial charge on any atom is -0.392 e. The van der Waals surface area contributed by atoms with Gasteiger partial charge in [0.25, 0.3) is 0 Å². The second kappa shape index (κ2) is 9.91. The molecule has 0 atom stereocenters. The largest absolute Gasteiger partial charge is 0.392 e. The van der Waals surface area contributed by atoms with Gasteiger partial charge in [0, 0.05) is 6.42 Å². The zero-order valence-corrected chi connectivity index (χ0v) is 17.1. The summed E-state index contributed by atoms with van der Waals surface area (Å²) in [6.07, 6.45) is 5.49. The first-order valence-corrected chi connectivity index (χ1v) is 9.58. The number of rotatable bonds is 9. The molecule has 2 aromatic heterocycles. The Kier molecular flexibility index (Phi) is 7.05. The van der Waals surface area contributed by atoms with Gasteiger partial charge in [-0.3, -0.25) is 0 Å². The molecule has 2 N–H and O–H groups in total. The van der Waals surface area contributed by atoms with Crippen molar-refractivity contribution in [3.8, 4) is 0 Å². The Hall–Kier alpha value is -3.36. The van der Waals surface area contributed by atoms with E-state index in [4.69, 9.17) is 15.1 Å². The number of oxime groups is 1. The third-order valence-electron chi connectivity index (χ3n) is 4.56. The van der Waals surface area contributed by atoms with Crippen LogP contribution in [0.2, 0.25) is 0 Å². The number of fused-ring (bicyclic) bond motifs is 1. The summed E-state index contributed by atoms with van der Waals surface area (Å²) in [5.74, 6) is 0.701. The van der Waals surface area contributed by atoms with Gasteiger partial charge in [-0.1, -0.05) is 48.2 Å². The molecular formula is C22H25N5O3. The van der Waals surface area contributed by atoms with E-state index in [-0.39, 0.29) is 13.2 Å². The molecule has 0 aliphatic rings. The highest BCUT2D eigenvalue weighted by molar-refractivity contribution is 5.96. The van der Waals surface area contributed by atoms with E-state index >= 15 is 0 Å². The lowest BCUT2D eigenvalue weighted by Gasteiger charge is -2.09. The number of allylic oxidation sites excluding steroid dienone is 2. The fourth-order valence-corrected chi connectivity index (χ4v) is 2.80. The summed E-state index contributed by atoms with van der Waals surface area (Å²) in [6.45, 7) is 6.87. The van der Waals surface area contributed by atoms with Crippen LogP contribution in [-0.2, 0) is 11.3 Å². The summed E-state index contributed by atoms with van der Waals surface area (Å²) in [4.78, 5) is 5.13. The number of aliphatic hydroxyl groups excluding tert-OH is 2. The molecule has 0 spiro atoms. The summed E-state index contributed by atoms with van der Waals surface area (Å²) in [7, 11) is 0. The Morgan fingerprint density at radius 2 is 2.03 bits per heavy atom. The standard InChI is InChI=1S/C22H25N5O3/c1-4-5-6-18-11-17(8-7-15(18)2)12-22-24-23-21-10-9-20(25-27(21)22)16(3)26-30-19(13-28)14-29/h4-11,19,28-29H,1,12-14H2,2-3H3/b6-5-,26-16+. The highest BCUT2D eigenvalue weighted by Crippen LogP contribution is 2.16. The molecule has 0 saturated carbocycles. The molecule has 8 heteroatoms. The normalized spacial score (nSPS) is 12.2. The number of hydrogen-bond acceptors (Lipinski definition) is 7. The topological polar surface area (TPSA) is 105 Å². The SMILES string of the molecule is C=C/C=C\c1cc(Cc2nnc3ccc(/C(C)=N/OC(CO)CO)nn23)ccc1C. The van der Waals surface area contributed by atoms with Crippen LogP contribution in [0.25, 0.3) is 11.7 Å². The number of nitrogens with zero attached hydrogens (tertiary/aromatic N) is 5. The summed E-state index contributed by atoms with van der Waals surface area (Å²) in [5.41, 5.74) is 5.11. The van der Waals surface area contributed by atoms with E-state index in [9.17, 15) is 0 Å². The van der Waals surface area contributed by atoms with Gasteiger partial charge in [-0.2, -0.15) is 9.61 Å². The van der Waals surface area contributed by atoms with Crippen LogP contribution >= 0.6 is 0 Å². The number of aromatic nitrogens is 4. The van der Waals surface area contributed by atoms with Gasteiger partial charge >= 0.3 is 0 Å². The van der Waals surface area contributed by atoms with Crippen LogP contribution in [0.15, 0.2) is 54.2 Å². The number of aryl methyl sites for hydroxylation is 1. The third kappa shape index (κ3) is 4.97. The first-order chi connectivity index (χ1) is 14.5. The van der Waals surface area contributed by atoms with Gasteiger partial charge < -0.3 is 15.1 Å². The molecule has 1 aromatic carbocycles. The molecule has 8 nitrogen and oxygen atoms in total. The second-order valence-electron chi connectivity index (χ2n) is 6.84. The molecular weight excluding hydrogens is 382 g/mol. The van der Waals surface area contributed by atoms with Crippen molar-refractivity contribution in [3.63, 3.8) is 0 Å². The molecule has 3 aromatic rings. The van der Waals surface area contributed by atoms with E-state index < -0.39 is 6.10 Å². The smallest absolute Gasteiger partial charge is 0.177 e. The van der Waals surface area contributed by atoms with Crippen molar-refractivity contribution >= 4 is 17.4 Å². The van der Waals surface area contributed by atoms with Gasteiger partial charge in [0.2, 0.25) is 0 Å². The monoisotopic (exact) mass is 407 g/mol. The first kappa shape index (κ1) is 21.4. The lowest BCUT2D eigenvalue weighted by Crippen LogP contribution is -2.20. The third-order valence-corrected chi connectivity index (χ3v) is 4.56. The minimum absolute atomic E-state index is 0.324. The zero-order chi connectivity index (χ0) is 21.5. The van der Waals surface area contributed by atoms with Crippen molar-refractivity contribution in [3.05, 3.63) is 77.3 Å². The maximum absolute atomic E-state index is 9.08. The molecule has 3 rings (SSSR count). The molecule has 156 valence electrons. The van der Waals surface area contributed by atoms with Gasteiger partial charge in [0.1, 0.15) is 11.4 Å². The van der Waals surface area contributed by atoms with E-state index in [0.717, 1.165) is 11.1 Å². The van der Waals surface area contributed by atoms with E-state index in [1.807, 2.05) is 12.2 Å². The minimum atomic E-state index is -0.764. The molecule has 30 heavy (non-hydrogen) atoms. The van der Waals surface area contributed by atoms with Crippen molar-refractivity contribution in [1.82, 2.24) is 19.8 Å². The molecule has 2 heterocycles. The lowest BCUT2D eigenvalue weighted by atomic mass is 10.0. The molecule has 0 fully saturated rings. The van der Waals surface area contributed by atoms with Crippen LogP contribution in [0.3, 0.4) is 0 Å². The van der Waals surface area contributed by atoms with Gasteiger partial charge in [0.05, 0.1) is 13.2 Å². The van der Waals surface area contributed by atoms with Crippen LogP contribution in [-0.4, -0.2) is 55.1 Å². The van der Waals surface area contributed by atoms with E-state index in [1.165, 1.54) is 5.56 Å². The highest BCUT2D eigenvalue weighted by Gasteiger charge is 2.12. The summed E-state index contributed by atoms with van der Waals surface area (Å²) < 4.78 is 1.68. The van der Waals surface area contributed by atoms with E-state index in [0.29, 0.717) is 29.3 Å². The van der Waals surface area contributed by atoms with Crippen molar-refractivity contribution in [2.75, 3.05) is 13.2 Å². The fourth-order valence-electron chi connectivity index (χ4n) is 2.80. The average molecular weight is 407 g/mol. The Balaban J connectivity index is 1.87. The molecule has 0 radical (unpaired) electrons. The fraction of sp³-hybridized carbons (Fsp3) is 0.273. The van der Waals surface area contributed by atoms with Gasteiger partial charge in [-0.25, -0.2) is 0 Å². The lowest BCUT2D eigenvalue weighted by molar-refractivity contribution is -0.0170. The van der Waals surface area contributed by atoms with E-state index in [2.05, 4.69) is 52.2 Å². The molecule has 0 bridgehead atoms. The van der Waals surface area contributed by atoms with Crippen LogP contribution < -0.4 is 0 Å². The zero-order valence-electron chi connectivity index (χ0n) is 17.1. The molecule has 0 aliphatic heterocycles. The van der Waals surface area contributed by atoms with Crippen LogP contribution in [0, 0.1) is 6.92 Å².